The van der Waals surface area contributed by atoms with Crippen LogP contribution in [0, 0.1) is 13.8 Å². The third kappa shape index (κ3) is 5.45. The quantitative estimate of drug-likeness (QED) is 0.552. The third-order valence-corrected chi connectivity index (χ3v) is 4.89. The third-order valence-electron chi connectivity index (χ3n) is 4.89. The lowest BCUT2D eigenvalue weighted by Gasteiger charge is -2.12. The fourth-order valence-electron chi connectivity index (χ4n) is 3.30. The first-order valence-corrected chi connectivity index (χ1v) is 9.94. The Morgan fingerprint density at radius 3 is 2.61 bits per heavy atom. The Balaban J connectivity index is 1.74. The van der Waals surface area contributed by atoms with Crippen molar-refractivity contribution in [3.63, 3.8) is 0 Å². The smallest absolute Gasteiger partial charge is 0.416 e. The molecular weight excluding hydrogens is 407 g/mol. The molecule has 0 saturated heterocycles. The van der Waals surface area contributed by atoms with E-state index in [1.807, 2.05) is 32.9 Å². The highest BCUT2D eigenvalue weighted by atomic mass is 19.4. The monoisotopic (exact) mass is 431 g/mol. The van der Waals surface area contributed by atoms with Crippen LogP contribution in [0.5, 0.6) is 11.5 Å². The van der Waals surface area contributed by atoms with Crippen molar-refractivity contribution in [3.8, 4) is 11.5 Å². The van der Waals surface area contributed by atoms with Gasteiger partial charge in [0.2, 0.25) is 0 Å². The van der Waals surface area contributed by atoms with Crippen molar-refractivity contribution in [2.45, 2.75) is 39.9 Å². The zero-order chi connectivity index (χ0) is 22.6. The van der Waals surface area contributed by atoms with E-state index in [4.69, 9.17) is 4.74 Å². The first-order valence-electron chi connectivity index (χ1n) is 9.94. The number of aryl methyl sites for hydroxylation is 3. The van der Waals surface area contributed by atoms with Crippen molar-refractivity contribution in [2.75, 3.05) is 6.54 Å². The highest BCUT2D eigenvalue weighted by Gasteiger charge is 2.31. The van der Waals surface area contributed by atoms with Gasteiger partial charge in [0.15, 0.2) is 11.4 Å². The first-order chi connectivity index (χ1) is 14.7. The van der Waals surface area contributed by atoms with Crippen LogP contribution in [0.1, 0.15) is 39.7 Å². The summed E-state index contributed by atoms with van der Waals surface area (Å²) < 4.78 is 46.0. The molecule has 0 aliphatic heterocycles. The molecule has 5 nitrogen and oxygen atoms in total. The average molecular weight is 431 g/mol. The Morgan fingerprint density at radius 2 is 1.94 bits per heavy atom. The van der Waals surface area contributed by atoms with Gasteiger partial charge < -0.3 is 10.1 Å². The lowest BCUT2D eigenvalue weighted by Crippen LogP contribution is -2.28. The Kier molecular flexibility index (Phi) is 6.68. The molecule has 8 heteroatoms. The van der Waals surface area contributed by atoms with E-state index in [9.17, 15) is 18.0 Å². The van der Waals surface area contributed by atoms with Crippen molar-refractivity contribution in [2.24, 2.45) is 0 Å². The fraction of sp³-hybridized carbons (Fsp3) is 0.304. The van der Waals surface area contributed by atoms with Gasteiger partial charge in [-0.3, -0.25) is 9.48 Å². The minimum absolute atomic E-state index is 0.0187. The number of amides is 1. The molecule has 164 valence electrons. The summed E-state index contributed by atoms with van der Waals surface area (Å²) in [6.45, 7) is 6.67. The molecule has 1 heterocycles. The maximum atomic E-state index is 13.0. The van der Waals surface area contributed by atoms with Crippen LogP contribution in [0.15, 0.2) is 48.7 Å². The summed E-state index contributed by atoms with van der Waals surface area (Å²) in [7, 11) is 0. The highest BCUT2D eigenvalue weighted by molar-refractivity contribution is 5.95. The molecular formula is C23H24F3N3O2. The Bertz CT molecular complexity index is 1070. The first kappa shape index (κ1) is 22.4. The maximum Gasteiger partial charge on any atom is 0.416 e. The van der Waals surface area contributed by atoms with Crippen LogP contribution in [0.3, 0.4) is 0 Å². The maximum absolute atomic E-state index is 13.0. The molecule has 1 aromatic heterocycles. The zero-order valence-electron chi connectivity index (χ0n) is 17.6. The molecule has 0 unspecified atom stereocenters. The molecule has 3 aromatic rings. The Hall–Kier alpha value is -3.29. The minimum Gasteiger partial charge on any atom is -0.453 e. The molecule has 1 amide bonds. The van der Waals surface area contributed by atoms with E-state index in [1.54, 1.807) is 0 Å². The number of alkyl halides is 3. The number of carbonyl (C=O) groups excluding carboxylic acids is 1. The number of nitrogens with one attached hydrogen (secondary N) is 1. The van der Waals surface area contributed by atoms with E-state index < -0.39 is 17.6 Å². The number of nitrogens with zero attached hydrogens (tertiary/aromatic N) is 2. The van der Waals surface area contributed by atoms with E-state index in [1.165, 1.54) is 28.6 Å². The Labute approximate surface area is 178 Å². The number of hydrogen-bond donors (Lipinski definition) is 1. The number of benzene rings is 2. The van der Waals surface area contributed by atoms with E-state index in [0.717, 1.165) is 23.3 Å². The molecule has 0 spiro atoms. The van der Waals surface area contributed by atoms with Crippen molar-refractivity contribution in [1.29, 1.82) is 0 Å². The van der Waals surface area contributed by atoms with Crippen LogP contribution >= 0.6 is 0 Å². The normalized spacial score (nSPS) is 11.4. The lowest BCUT2D eigenvalue weighted by atomic mass is 10.0. The van der Waals surface area contributed by atoms with Crippen LogP contribution in [0.25, 0.3) is 0 Å². The molecule has 0 saturated carbocycles. The summed E-state index contributed by atoms with van der Waals surface area (Å²) in [4.78, 5) is 12.8. The number of carbonyl (C=O) groups is 1. The van der Waals surface area contributed by atoms with Crippen LogP contribution in [0.2, 0.25) is 0 Å². The largest absolute Gasteiger partial charge is 0.453 e. The SMILES string of the molecule is CCn1ncc(Oc2cccc(C(F)(F)F)c2)c1C(=O)NCCc1ccc(C)cc1C. The highest BCUT2D eigenvalue weighted by Crippen LogP contribution is 2.33. The van der Waals surface area contributed by atoms with Gasteiger partial charge in [-0.05, 0) is 56.5 Å². The average Bonchev–Trinajstić information content (AvgIpc) is 3.11. The van der Waals surface area contributed by atoms with Gasteiger partial charge in [0, 0.05) is 13.1 Å². The summed E-state index contributed by atoms with van der Waals surface area (Å²) in [6.07, 6.45) is -2.49. The molecule has 0 aliphatic carbocycles. The minimum atomic E-state index is -4.48. The molecule has 0 aliphatic rings. The zero-order valence-corrected chi connectivity index (χ0v) is 17.6. The van der Waals surface area contributed by atoms with Crippen LogP contribution < -0.4 is 10.1 Å². The number of ether oxygens (including phenoxy) is 1. The summed E-state index contributed by atoms with van der Waals surface area (Å²) in [6, 6.07) is 10.7. The van der Waals surface area contributed by atoms with Crippen molar-refractivity contribution >= 4 is 5.91 Å². The second kappa shape index (κ2) is 9.24. The van der Waals surface area contributed by atoms with Gasteiger partial charge in [0.05, 0.1) is 11.8 Å². The lowest BCUT2D eigenvalue weighted by molar-refractivity contribution is -0.137. The topological polar surface area (TPSA) is 56.2 Å². The van der Waals surface area contributed by atoms with Gasteiger partial charge in [0.25, 0.3) is 5.91 Å². The number of aromatic nitrogens is 2. The molecule has 0 atom stereocenters. The van der Waals surface area contributed by atoms with E-state index in [2.05, 4.69) is 16.5 Å². The molecule has 0 radical (unpaired) electrons. The standard InChI is InChI=1S/C23H24F3N3O2/c1-4-29-21(22(30)27-11-10-17-9-8-15(2)12-16(17)3)20(14-28-29)31-19-7-5-6-18(13-19)23(24,25)26/h5-9,12-14H,4,10-11H2,1-3H3,(H,27,30). The molecule has 31 heavy (non-hydrogen) atoms. The summed E-state index contributed by atoms with van der Waals surface area (Å²) in [5.41, 5.74) is 2.80. The van der Waals surface area contributed by atoms with Crippen LogP contribution in [0.4, 0.5) is 13.2 Å². The van der Waals surface area contributed by atoms with E-state index in [-0.39, 0.29) is 17.2 Å². The van der Waals surface area contributed by atoms with Gasteiger partial charge >= 0.3 is 6.18 Å². The van der Waals surface area contributed by atoms with Gasteiger partial charge in [-0.2, -0.15) is 18.3 Å². The summed E-state index contributed by atoms with van der Waals surface area (Å²) >= 11 is 0. The number of rotatable bonds is 7. The van der Waals surface area contributed by atoms with E-state index >= 15 is 0 Å². The fourth-order valence-corrected chi connectivity index (χ4v) is 3.30. The van der Waals surface area contributed by atoms with Gasteiger partial charge in [-0.1, -0.05) is 29.8 Å². The van der Waals surface area contributed by atoms with Gasteiger partial charge in [0.1, 0.15) is 5.75 Å². The van der Waals surface area contributed by atoms with Crippen molar-refractivity contribution in [1.82, 2.24) is 15.1 Å². The molecule has 2 aromatic carbocycles. The second-order valence-corrected chi connectivity index (χ2v) is 7.24. The summed E-state index contributed by atoms with van der Waals surface area (Å²) in [5.74, 6) is -0.314. The molecule has 0 fully saturated rings. The van der Waals surface area contributed by atoms with Crippen molar-refractivity contribution < 1.29 is 22.7 Å². The molecule has 0 bridgehead atoms. The van der Waals surface area contributed by atoms with Gasteiger partial charge in [-0.25, -0.2) is 0 Å². The Morgan fingerprint density at radius 1 is 1.16 bits per heavy atom. The predicted octanol–water partition coefficient (Wildman–Crippen LogP) is 5.30. The van der Waals surface area contributed by atoms with Crippen LogP contribution in [-0.2, 0) is 19.1 Å². The number of hydrogen-bond acceptors (Lipinski definition) is 3. The van der Waals surface area contributed by atoms with Crippen LogP contribution in [-0.4, -0.2) is 22.2 Å². The molecule has 3 rings (SSSR count). The summed E-state index contributed by atoms with van der Waals surface area (Å²) in [5, 5.41) is 6.97. The van der Waals surface area contributed by atoms with E-state index in [0.29, 0.717) is 19.5 Å². The molecule has 1 N–H and O–H groups in total. The number of halogens is 3. The predicted molar refractivity (Wildman–Crippen MR) is 111 cm³/mol. The van der Waals surface area contributed by atoms with Crippen molar-refractivity contribution in [3.05, 3.63) is 76.6 Å². The second-order valence-electron chi connectivity index (χ2n) is 7.24. The van der Waals surface area contributed by atoms with Gasteiger partial charge in [-0.15, -0.1) is 0 Å².